The lowest BCUT2D eigenvalue weighted by molar-refractivity contribution is -0.171. The highest BCUT2D eigenvalue weighted by molar-refractivity contribution is 9.10. The third-order valence-electron chi connectivity index (χ3n) is 2.92. The van der Waals surface area contributed by atoms with Gasteiger partial charge in [0, 0.05) is 25.2 Å². The Hall–Kier alpha value is -0.0800. The van der Waals surface area contributed by atoms with E-state index in [0.717, 1.165) is 21.5 Å². The van der Waals surface area contributed by atoms with Gasteiger partial charge in [-0.25, -0.2) is 5.06 Å². The molecule has 0 fully saturated rings. The van der Waals surface area contributed by atoms with E-state index in [9.17, 15) is 4.79 Å². The van der Waals surface area contributed by atoms with Gasteiger partial charge in [-0.15, -0.1) is 11.3 Å². The number of hydroxylamine groups is 2. The quantitative estimate of drug-likeness (QED) is 0.389. The molecule has 1 rings (SSSR count). The van der Waals surface area contributed by atoms with Crippen LogP contribution in [0.2, 0.25) is 0 Å². The molecule has 0 aliphatic carbocycles. The molecular formula is C13H20BrNO3S2. The number of halogens is 1. The number of thiophene rings is 1. The van der Waals surface area contributed by atoms with Crippen LogP contribution < -0.4 is 0 Å². The number of ether oxygens (including phenoxy) is 1. The molecule has 7 heteroatoms. The van der Waals surface area contributed by atoms with E-state index in [4.69, 9.17) is 9.57 Å². The SMILES string of the molecule is COCCCC(C)(Sc1sccc1Br)C(=O)N(C)OC. The predicted octanol–water partition coefficient (Wildman–Crippen LogP) is 3.81. The minimum atomic E-state index is -0.573. The first-order chi connectivity index (χ1) is 9.44. The summed E-state index contributed by atoms with van der Waals surface area (Å²) in [4.78, 5) is 17.6. The lowest BCUT2D eigenvalue weighted by Gasteiger charge is -2.30. The molecule has 0 radical (unpaired) electrons. The minimum absolute atomic E-state index is 0.0404. The molecule has 0 saturated carbocycles. The van der Waals surface area contributed by atoms with Gasteiger partial charge in [-0.2, -0.15) is 0 Å². The monoisotopic (exact) mass is 381 g/mol. The molecule has 114 valence electrons. The van der Waals surface area contributed by atoms with Gasteiger partial charge in [0.25, 0.3) is 5.91 Å². The van der Waals surface area contributed by atoms with Crippen LogP contribution in [-0.4, -0.2) is 43.6 Å². The first-order valence-electron chi connectivity index (χ1n) is 6.18. The van der Waals surface area contributed by atoms with Crippen molar-refractivity contribution < 1.29 is 14.4 Å². The van der Waals surface area contributed by atoms with Crippen molar-refractivity contribution in [1.82, 2.24) is 5.06 Å². The topological polar surface area (TPSA) is 38.8 Å². The van der Waals surface area contributed by atoms with E-state index in [1.807, 2.05) is 18.4 Å². The Kier molecular flexibility index (Phi) is 7.53. The second-order valence-electron chi connectivity index (χ2n) is 4.47. The minimum Gasteiger partial charge on any atom is -0.385 e. The van der Waals surface area contributed by atoms with Crippen molar-refractivity contribution in [3.05, 3.63) is 15.9 Å². The maximum atomic E-state index is 12.6. The summed E-state index contributed by atoms with van der Waals surface area (Å²) in [5, 5.41) is 3.30. The van der Waals surface area contributed by atoms with Gasteiger partial charge in [-0.05, 0) is 47.1 Å². The number of carbonyl (C=O) groups is 1. The zero-order valence-corrected chi connectivity index (χ0v) is 15.4. The van der Waals surface area contributed by atoms with E-state index in [1.54, 1.807) is 37.3 Å². The number of nitrogens with zero attached hydrogens (tertiary/aromatic N) is 1. The van der Waals surface area contributed by atoms with Crippen LogP contribution in [-0.2, 0) is 14.4 Å². The van der Waals surface area contributed by atoms with E-state index in [0.29, 0.717) is 6.61 Å². The smallest absolute Gasteiger partial charge is 0.262 e. The second-order valence-corrected chi connectivity index (χ2v) is 8.01. The zero-order valence-electron chi connectivity index (χ0n) is 12.1. The van der Waals surface area contributed by atoms with Crippen LogP contribution in [0.25, 0.3) is 0 Å². The summed E-state index contributed by atoms with van der Waals surface area (Å²) in [7, 11) is 4.81. The summed E-state index contributed by atoms with van der Waals surface area (Å²) in [6, 6.07) is 1.99. The number of rotatable bonds is 8. The Balaban J connectivity index is 2.88. The van der Waals surface area contributed by atoms with E-state index < -0.39 is 4.75 Å². The molecule has 20 heavy (non-hydrogen) atoms. The number of thioether (sulfide) groups is 1. The fraction of sp³-hybridized carbons (Fsp3) is 0.615. The van der Waals surface area contributed by atoms with Crippen molar-refractivity contribution in [1.29, 1.82) is 0 Å². The van der Waals surface area contributed by atoms with Gasteiger partial charge in [-0.3, -0.25) is 9.63 Å². The number of hydrogen-bond donors (Lipinski definition) is 0. The Labute approximate surface area is 136 Å². The fourth-order valence-electron chi connectivity index (χ4n) is 1.73. The molecule has 4 nitrogen and oxygen atoms in total. The molecule has 1 heterocycles. The van der Waals surface area contributed by atoms with Crippen LogP contribution in [0.1, 0.15) is 19.8 Å². The Morgan fingerprint density at radius 2 is 2.25 bits per heavy atom. The van der Waals surface area contributed by atoms with Gasteiger partial charge >= 0.3 is 0 Å². The fourth-order valence-corrected chi connectivity index (χ4v) is 5.02. The normalized spacial score (nSPS) is 14.1. The number of amides is 1. The number of methoxy groups -OCH3 is 1. The summed E-state index contributed by atoms with van der Waals surface area (Å²) in [6.45, 7) is 2.60. The number of hydrogen-bond acceptors (Lipinski definition) is 5. The van der Waals surface area contributed by atoms with Gasteiger partial charge in [0.15, 0.2) is 0 Å². The lowest BCUT2D eigenvalue weighted by atomic mass is 10.0. The largest absolute Gasteiger partial charge is 0.385 e. The highest BCUT2D eigenvalue weighted by Crippen LogP contribution is 2.43. The van der Waals surface area contributed by atoms with Crippen LogP contribution in [0.4, 0.5) is 0 Å². The van der Waals surface area contributed by atoms with Crippen LogP contribution in [0.5, 0.6) is 0 Å². The standard InChI is InChI=1S/C13H20BrNO3S2/c1-13(7-5-8-17-3,12(16)15(2)18-4)20-11-10(14)6-9-19-11/h6,9H,5,7-8H2,1-4H3. The number of carbonyl (C=O) groups excluding carboxylic acids is 1. The Morgan fingerprint density at radius 3 is 2.75 bits per heavy atom. The highest BCUT2D eigenvalue weighted by atomic mass is 79.9. The molecule has 1 unspecified atom stereocenters. The molecule has 1 amide bonds. The molecular weight excluding hydrogens is 362 g/mol. The van der Waals surface area contributed by atoms with Crippen molar-refractivity contribution >= 4 is 44.9 Å². The second kappa shape index (κ2) is 8.38. The average molecular weight is 382 g/mol. The van der Waals surface area contributed by atoms with Crippen LogP contribution in [0.3, 0.4) is 0 Å². The van der Waals surface area contributed by atoms with Gasteiger partial charge < -0.3 is 4.74 Å². The van der Waals surface area contributed by atoms with Crippen molar-refractivity contribution in [2.75, 3.05) is 27.9 Å². The first kappa shape index (κ1) is 18.0. The summed E-state index contributed by atoms with van der Waals surface area (Å²) in [5.41, 5.74) is 0. The summed E-state index contributed by atoms with van der Waals surface area (Å²) < 4.78 is 6.64. The van der Waals surface area contributed by atoms with Gasteiger partial charge in [0.05, 0.1) is 16.1 Å². The third-order valence-corrected chi connectivity index (χ3v) is 6.58. The van der Waals surface area contributed by atoms with E-state index in [1.165, 1.54) is 12.2 Å². The first-order valence-corrected chi connectivity index (χ1v) is 8.66. The maximum absolute atomic E-state index is 12.6. The lowest BCUT2D eigenvalue weighted by Crippen LogP contribution is -2.42. The summed E-state index contributed by atoms with van der Waals surface area (Å²) in [5.74, 6) is -0.0404. The van der Waals surface area contributed by atoms with Crippen molar-refractivity contribution in [2.24, 2.45) is 0 Å². The molecule has 0 aliphatic heterocycles. The maximum Gasteiger partial charge on any atom is 0.262 e. The molecule has 0 saturated heterocycles. The molecule has 0 spiro atoms. The molecule has 1 aromatic heterocycles. The molecule has 0 N–H and O–H groups in total. The predicted molar refractivity (Wildman–Crippen MR) is 87.2 cm³/mol. The van der Waals surface area contributed by atoms with Crippen molar-refractivity contribution in [3.8, 4) is 0 Å². The van der Waals surface area contributed by atoms with Crippen LogP contribution in [0, 0.1) is 0 Å². The van der Waals surface area contributed by atoms with Gasteiger partial charge in [-0.1, -0.05) is 11.8 Å². The average Bonchev–Trinajstić information content (AvgIpc) is 2.82. The Bertz CT molecular complexity index is 441. The zero-order chi connectivity index (χ0) is 15.2. The van der Waals surface area contributed by atoms with Crippen LogP contribution >= 0.6 is 39.0 Å². The summed E-state index contributed by atoms with van der Waals surface area (Å²) >= 11 is 6.71. The van der Waals surface area contributed by atoms with E-state index in [-0.39, 0.29) is 5.91 Å². The molecule has 1 atom stereocenters. The van der Waals surface area contributed by atoms with Gasteiger partial charge in [0.2, 0.25) is 0 Å². The van der Waals surface area contributed by atoms with Crippen molar-refractivity contribution in [3.63, 3.8) is 0 Å². The molecule has 1 aromatic rings. The highest BCUT2D eigenvalue weighted by Gasteiger charge is 2.37. The molecule has 0 bridgehead atoms. The van der Waals surface area contributed by atoms with E-state index in [2.05, 4.69) is 15.9 Å². The third kappa shape index (κ3) is 4.73. The van der Waals surface area contributed by atoms with Gasteiger partial charge in [0.1, 0.15) is 0 Å². The Morgan fingerprint density at radius 1 is 1.55 bits per heavy atom. The van der Waals surface area contributed by atoms with Crippen LogP contribution in [0.15, 0.2) is 20.1 Å². The molecule has 0 aromatic carbocycles. The van der Waals surface area contributed by atoms with E-state index >= 15 is 0 Å². The molecule has 0 aliphatic rings. The van der Waals surface area contributed by atoms with Crippen molar-refractivity contribution in [2.45, 2.75) is 28.7 Å². The summed E-state index contributed by atoms with van der Waals surface area (Å²) in [6.07, 6.45) is 1.55.